The van der Waals surface area contributed by atoms with E-state index in [2.05, 4.69) is 10.2 Å². The Balaban J connectivity index is 2.12. The van der Waals surface area contributed by atoms with Crippen molar-refractivity contribution in [3.8, 4) is 0 Å². The smallest absolute Gasteiger partial charge is 0.353 e. The third-order valence-corrected chi connectivity index (χ3v) is 4.76. The number of nitrogens with zero attached hydrogens (tertiary/aromatic N) is 4. The second-order valence-electron chi connectivity index (χ2n) is 7.66. The van der Waals surface area contributed by atoms with Crippen LogP contribution in [0.15, 0.2) is 12.1 Å². The van der Waals surface area contributed by atoms with E-state index in [1.807, 2.05) is 60.6 Å². The van der Waals surface area contributed by atoms with Crippen molar-refractivity contribution in [2.45, 2.75) is 61.1 Å². The predicted octanol–water partition coefficient (Wildman–Crippen LogP) is 2.88. The zero-order valence-electron chi connectivity index (χ0n) is 17.8. The molecule has 2 aromatic heterocycles. The van der Waals surface area contributed by atoms with E-state index < -0.39 is 17.6 Å². The number of hydrogen-bond donors (Lipinski definition) is 0. The van der Waals surface area contributed by atoms with Crippen molar-refractivity contribution < 1.29 is 19.1 Å². The Morgan fingerprint density at radius 1 is 0.964 bits per heavy atom. The van der Waals surface area contributed by atoms with Gasteiger partial charge in [-0.15, -0.1) is 0 Å². The molecule has 0 spiro atoms. The molecule has 2 rings (SSSR count). The third-order valence-electron chi connectivity index (χ3n) is 4.76. The molecule has 0 bridgehead atoms. The Kier molecular flexibility index (Phi) is 6.64. The van der Waals surface area contributed by atoms with Crippen molar-refractivity contribution in [2.24, 2.45) is 5.41 Å². The highest BCUT2D eigenvalue weighted by molar-refractivity contribution is 5.76. The fraction of sp³-hybridized carbons (Fsp3) is 0.600. The summed E-state index contributed by atoms with van der Waals surface area (Å²) in [4.78, 5) is 24.9. The van der Waals surface area contributed by atoms with E-state index in [0.29, 0.717) is 6.42 Å². The highest BCUT2D eigenvalue weighted by Crippen LogP contribution is 2.21. The van der Waals surface area contributed by atoms with Gasteiger partial charge in [-0.05, 0) is 60.1 Å². The number of hydrogen-bond acceptors (Lipinski definition) is 6. The molecule has 0 amide bonds. The topological polar surface area (TPSA) is 88.2 Å². The molecule has 8 nitrogen and oxygen atoms in total. The molecule has 0 fully saturated rings. The van der Waals surface area contributed by atoms with E-state index in [4.69, 9.17) is 9.47 Å². The maximum absolute atomic E-state index is 12.9. The summed E-state index contributed by atoms with van der Waals surface area (Å²) in [7, 11) is 0. The summed E-state index contributed by atoms with van der Waals surface area (Å²) in [5.74, 6) is -0.817. The number of carbonyl (C=O) groups excluding carboxylic acids is 2. The molecule has 0 N–H and O–H groups in total. The van der Waals surface area contributed by atoms with E-state index >= 15 is 0 Å². The molecule has 0 radical (unpaired) electrons. The van der Waals surface area contributed by atoms with Gasteiger partial charge >= 0.3 is 11.9 Å². The van der Waals surface area contributed by atoms with Gasteiger partial charge in [-0.25, -0.2) is 14.2 Å². The average Bonchev–Trinajstić information content (AvgIpc) is 3.12. The van der Waals surface area contributed by atoms with E-state index in [1.54, 1.807) is 9.36 Å². The Labute approximate surface area is 165 Å². The van der Waals surface area contributed by atoms with Crippen LogP contribution in [-0.2, 0) is 19.1 Å². The number of aryl methyl sites for hydroxylation is 4. The first-order valence-electron chi connectivity index (χ1n) is 9.46. The zero-order chi connectivity index (χ0) is 21.1. The summed E-state index contributed by atoms with van der Waals surface area (Å²) in [6.45, 7) is 13.0. The molecule has 2 heterocycles. The number of aromatic nitrogens is 4. The fourth-order valence-electron chi connectivity index (χ4n) is 2.78. The Bertz CT molecular complexity index is 804. The minimum absolute atomic E-state index is 0.00889. The molecule has 8 heteroatoms. The number of rotatable bonds is 8. The monoisotopic (exact) mass is 390 g/mol. The molecule has 0 aliphatic heterocycles. The molecule has 0 aliphatic rings. The summed E-state index contributed by atoms with van der Waals surface area (Å²) in [6.07, 6.45) is -0.186. The maximum atomic E-state index is 12.9. The lowest BCUT2D eigenvalue weighted by molar-refractivity contribution is -0.161. The van der Waals surface area contributed by atoms with Gasteiger partial charge in [-0.2, -0.15) is 10.2 Å². The van der Waals surface area contributed by atoms with Crippen LogP contribution in [0.5, 0.6) is 0 Å². The quantitative estimate of drug-likeness (QED) is 0.509. The number of ether oxygens (including phenoxy) is 2. The van der Waals surface area contributed by atoms with Gasteiger partial charge in [0.25, 0.3) is 0 Å². The molecule has 0 aromatic carbocycles. The van der Waals surface area contributed by atoms with Crippen LogP contribution in [0, 0.1) is 33.1 Å². The Hall–Kier alpha value is -2.64. The van der Waals surface area contributed by atoms with Crippen LogP contribution in [0.3, 0.4) is 0 Å². The average molecular weight is 390 g/mol. The Morgan fingerprint density at radius 2 is 1.43 bits per heavy atom. The summed E-state index contributed by atoms with van der Waals surface area (Å²) < 4.78 is 13.8. The minimum atomic E-state index is -0.856. The second-order valence-corrected chi connectivity index (χ2v) is 7.66. The van der Waals surface area contributed by atoms with E-state index in [9.17, 15) is 9.59 Å². The van der Waals surface area contributed by atoms with Crippen molar-refractivity contribution >= 4 is 11.9 Å². The van der Waals surface area contributed by atoms with Gasteiger partial charge in [-0.1, -0.05) is 6.92 Å². The van der Waals surface area contributed by atoms with Gasteiger partial charge in [0.2, 0.25) is 6.17 Å². The lowest BCUT2D eigenvalue weighted by atomic mass is 9.91. The zero-order valence-corrected chi connectivity index (χ0v) is 17.8. The third kappa shape index (κ3) is 4.79. The van der Waals surface area contributed by atoms with Crippen LogP contribution in [0.1, 0.15) is 56.1 Å². The molecular formula is C20H30N4O4. The van der Waals surface area contributed by atoms with Gasteiger partial charge in [0.15, 0.2) is 0 Å². The van der Waals surface area contributed by atoms with Crippen LogP contribution in [0.2, 0.25) is 0 Å². The highest BCUT2D eigenvalue weighted by atomic mass is 16.6. The molecule has 0 aliphatic carbocycles. The second kappa shape index (κ2) is 8.58. The molecule has 28 heavy (non-hydrogen) atoms. The molecule has 0 atom stereocenters. The molecule has 0 saturated carbocycles. The molecule has 154 valence electrons. The van der Waals surface area contributed by atoms with Crippen LogP contribution in [0.25, 0.3) is 0 Å². The minimum Gasteiger partial charge on any atom is -0.462 e. The van der Waals surface area contributed by atoms with E-state index in [1.165, 1.54) is 0 Å². The Morgan fingerprint density at radius 3 is 1.82 bits per heavy atom. The lowest BCUT2D eigenvalue weighted by Gasteiger charge is -2.21. The standard InChI is InChI=1S/C20H30N4O4/c1-8-20(6,7)19(26)28-10-9-27-18(25)17(23-15(4)11-13(2)21-23)24-16(5)12-14(3)22-24/h11-12,17H,8-10H2,1-7H3. The number of esters is 2. The van der Waals surface area contributed by atoms with Gasteiger partial charge in [0.05, 0.1) is 16.8 Å². The highest BCUT2D eigenvalue weighted by Gasteiger charge is 2.30. The first-order valence-corrected chi connectivity index (χ1v) is 9.46. The van der Waals surface area contributed by atoms with Crippen molar-refractivity contribution in [3.63, 3.8) is 0 Å². The summed E-state index contributed by atoms with van der Waals surface area (Å²) in [5, 5.41) is 8.86. The van der Waals surface area contributed by atoms with Gasteiger partial charge in [0, 0.05) is 11.4 Å². The van der Waals surface area contributed by atoms with Crippen LogP contribution < -0.4 is 0 Å². The van der Waals surface area contributed by atoms with Crippen LogP contribution >= 0.6 is 0 Å². The first kappa shape index (κ1) is 21.7. The molecular weight excluding hydrogens is 360 g/mol. The molecule has 0 saturated heterocycles. The molecule has 0 unspecified atom stereocenters. The van der Waals surface area contributed by atoms with Crippen LogP contribution in [-0.4, -0.2) is 44.7 Å². The van der Waals surface area contributed by atoms with Crippen molar-refractivity contribution in [1.29, 1.82) is 0 Å². The number of carbonyl (C=O) groups is 2. The SMILES string of the molecule is CCC(C)(C)C(=O)OCCOC(=O)C(n1nc(C)cc1C)n1nc(C)cc1C. The van der Waals surface area contributed by atoms with Gasteiger partial charge < -0.3 is 9.47 Å². The van der Waals surface area contributed by atoms with Crippen molar-refractivity contribution in [1.82, 2.24) is 19.6 Å². The van der Waals surface area contributed by atoms with E-state index in [-0.39, 0.29) is 19.2 Å². The summed E-state index contributed by atoms with van der Waals surface area (Å²) >= 11 is 0. The molecule has 2 aromatic rings. The predicted molar refractivity (Wildman–Crippen MR) is 104 cm³/mol. The maximum Gasteiger partial charge on any atom is 0.353 e. The largest absolute Gasteiger partial charge is 0.462 e. The van der Waals surface area contributed by atoms with Gasteiger partial charge in [-0.3, -0.25) is 4.79 Å². The first-order chi connectivity index (χ1) is 13.1. The van der Waals surface area contributed by atoms with Crippen molar-refractivity contribution in [3.05, 3.63) is 34.9 Å². The van der Waals surface area contributed by atoms with Gasteiger partial charge in [0.1, 0.15) is 13.2 Å². The normalized spacial score (nSPS) is 11.7. The lowest BCUT2D eigenvalue weighted by Crippen LogP contribution is -2.33. The van der Waals surface area contributed by atoms with E-state index in [0.717, 1.165) is 22.8 Å². The summed E-state index contributed by atoms with van der Waals surface area (Å²) in [5.41, 5.74) is 2.69. The fourth-order valence-corrected chi connectivity index (χ4v) is 2.78. The van der Waals surface area contributed by atoms with Crippen LogP contribution in [0.4, 0.5) is 0 Å². The summed E-state index contributed by atoms with van der Waals surface area (Å²) in [6, 6.07) is 3.78. The van der Waals surface area contributed by atoms with Crippen molar-refractivity contribution in [2.75, 3.05) is 13.2 Å².